The van der Waals surface area contributed by atoms with E-state index >= 15 is 0 Å². The van der Waals surface area contributed by atoms with Gasteiger partial charge in [-0.05, 0) is 38.0 Å². The maximum Gasteiger partial charge on any atom is 0.108 e. The van der Waals surface area contributed by atoms with E-state index in [4.69, 9.17) is 5.73 Å². The normalized spacial score (nSPS) is 30.6. The van der Waals surface area contributed by atoms with Crippen LogP contribution < -0.4 is 5.73 Å². The van der Waals surface area contributed by atoms with Crippen LogP contribution in [0.15, 0.2) is 12.4 Å². The van der Waals surface area contributed by atoms with Crippen molar-refractivity contribution in [1.29, 1.82) is 0 Å². The number of rotatable bonds is 3. The molecule has 1 aromatic rings. The Labute approximate surface area is 98.1 Å². The predicted octanol–water partition coefficient (Wildman–Crippen LogP) is 2.21. The molecule has 2 N–H and O–H groups in total. The van der Waals surface area contributed by atoms with Gasteiger partial charge in [0.05, 0.1) is 0 Å². The van der Waals surface area contributed by atoms with Crippen molar-refractivity contribution in [2.45, 2.75) is 52.1 Å². The highest BCUT2D eigenvalue weighted by Gasteiger charge is 2.26. The molecule has 0 saturated heterocycles. The number of imidazole rings is 1. The van der Waals surface area contributed by atoms with Crippen molar-refractivity contribution in [2.24, 2.45) is 17.6 Å². The van der Waals surface area contributed by atoms with Gasteiger partial charge in [-0.3, -0.25) is 0 Å². The molecule has 3 nitrogen and oxygen atoms in total. The summed E-state index contributed by atoms with van der Waals surface area (Å²) in [7, 11) is 0. The highest BCUT2D eigenvalue weighted by Crippen LogP contribution is 2.30. The minimum atomic E-state index is 0.373. The van der Waals surface area contributed by atoms with E-state index in [-0.39, 0.29) is 0 Å². The number of aryl methyl sites for hydroxylation is 1. The molecular weight excluding hydrogens is 198 g/mol. The summed E-state index contributed by atoms with van der Waals surface area (Å²) in [5.41, 5.74) is 6.21. The minimum Gasteiger partial charge on any atom is -0.335 e. The lowest BCUT2D eigenvalue weighted by Gasteiger charge is -2.32. The molecule has 0 bridgehead atoms. The molecule has 16 heavy (non-hydrogen) atoms. The summed E-state index contributed by atoms with van der Waals surface area (Å²) in [6.07, 6.45) is 8.74. The van der Waals surface area contributed by atoms with Gasteiger partial charge in [0.1, 0.15) is 5.82 Å². The standard InChI is InChI=1S/C13H23N3/c1-3-16-7-6-15-13(16)9-11-8-10(2)4-5-12(11)14/h6-7,10-12H,3-5,8-9,14H2,1-2H3. The van der Waals surface area contributed by atoms with Gasteiger partial charge in [-0.25, -0.2) is 4.98 Å². The zero-order valence-corrected chi connectivity index (χ0v) is 10.4. The first-order chi connectivity index (χ1) is 7.70. The van der Waals surface area contributed by atoms with E-state index < -0.39 is 0 Å². The first-order valence-corrected chi connectivity index (χ1v) is 6.46. The van der Waals surface area contributed by atoms with Gasteiger partial charge in [0.25, 0.3) is 0 Å². The lowest BCUT2D eigenvalue weighted by Crippen LogP contribution is -2.37. The van der Waals surface area contributed by atoms with E-state index in [0.29, 0.717) is 12.0 Å². The van der Waals surface area contributed by atoms with Crippen LogP contribution in [0.25, 0.3) is 0 Å². The first kappa shape index (κ1) is 11.6. The molecule has 2 rings (SSSR count). The van der Waals surface area contributed by atoms with Gasteiger partial charge in [0.15, 0.2) is 0 Å². The molecule has 0 aliphatic heterocycles. The maximum absolute atomic E-state index is 6.21. The van der Waals surface area contributed by atoms with Crippen LogP contribution >= 0.6 is 0 Å². The van der Waals surface area contributed by atoms with Crippen LogP contribution in [0.4, 0.5) is 0 Å². The molecular formula is C13H23N3. The molecule has 3 unspecified atom stereocenters. The summed E-state index contributed by atoms with van der Waals surface area (Å²) in [6, 6.07) is 0.373. The molecule has 3 heteroatoms. The predicted molar refractivity (Wildman–Crippen MR) is 66.1 cm³/mol. The van der Waals surface area contributed by atoms with Crippen LogP contribution in [-0.2, 0) is 13.0 Å². The molecule has 1 aromatic heterocycles. The molecule has 1 saturated carbocycles. The Kier molecular flexibility index (Phi) is 3.64. The molecule has 90 valence electrons. The molecule has 0 radical (unpaired) electrons. The van der Waals surface area contributed by atoms with Crippen LogP contribution in [-0.4, -0.2) is 15.6 Å². The lowest BCUT2D eigenvalue weighted by atomic mass is 9.77. The van der Waals surface area contributed by atoms with Crippen LogP contribution in [0.1, 0.15) is 38.9 Å². The molecule has 1 aliphatic carbocycles. The topological polar surface area (TPSA) is 43.8 Å². The molecule has 3 atom stereocenters. The second-order valence-corrected chi connectivity index (χ2v) is 5.18. The van der Waals surface area contributed by atoms with Crippen molar-refractivity contribution in [1.82, 2.24) is 9.55 Å². The van der Waals surface area contributed by atoms with Crippen molar-refractivity contribution in [3.8, 4) is 0 Å². The molecule has 0 spiro atoms. The van der Waals surface area contributed by atoms with Crippen LogP contribution in [0.3, 0.4) is 0 Å². The molecule has 1 heterocycles. The smallest absolute Gasteiger partial charge is 0.108 e. The monoisotopic (exact) mass is 221 g/mol. The number of hydrogen-bond donors (Lipinski definition) is 1. The number of hydrogen-bond acceptors (Lipinski definition) is 2. The zero-order chi connectivity index (χ0) is 11.5. The average molecular weight is 221 g/mol. The fraction of sp³-hybridized carbons (Fsp3) is 0.769. The molecule has 0 aromatic carbocycles. The molecule has 1 aliphatic rings. The second-order valence-electron chi connectivity index (χ2n) is 5.18. The minimum absolute atomic E-state index is 0.373. The first-order valence-electron chi connectivity index (χ1n) is 6.46. The summed E-state index contributed by atoms with van der Waals surface area (Å²) in [5.74, 6) is 2.66. The third kappa shape index (κ3) is 2.46. The number of aromatic nitrogens is 2. The Hall–Kier alpha value is -0.830. The second kappa shape index (κ2) is 5.00. The van der Waals surface area contributed by atoms with Crippen LogP contribution in [0, 0.1) is 11.8 Å². The van der Waals surface area contributed by atoms with Crippen molar-refractivity contribution >= 4 is 0 Å². The summed E-state index contributed by atoms with van der Waals surface area (Å²) in [6.45, 7) is 5.51. The molecule has 0 amide bonds. The van der Waals surface area contributed by atoms with E-state index in [2.05, 4.69) is 29.6 Å². The van der Waals surface area contributed by atoms with Gasteiger partial charge >= 0.3 is 0 Å². The Morgan fingerprint density at radius 2 is 2.31 bits per heavy atom. The summed E-state index contributed by atoms with van der Waals surface area (Å²) >= 11 is 0. The van der Waals surface area contributed by atoms with E-state index in [9.17, 15) is 0 Å². The van der Waals surface area contributed by atoms with Crippen molar-refractivity contribution in [3.05, 3.63) is 18.2 Å². The Balaban J connectivity index is 2.02. The number of nitrogens with zero attached hydrogens (tertiary/aromatic N) is 2. The average Bonchev–Trinajstić information content (AvgIpc) is 2.71. The van der Waals surface area contributed by atoms with Gasteiger partial charge in [-0.1, -0.05) is 6.92 Å². The zero-order valence-electron chi connectivity index (χ0n) is 10.4. The summed E-state index contributed by atoms with van der Waals surface area (Å²) in [5, 5.41) is 0. The third-order valence-corrected chi connectivity index (χ3v) is 3.89. The van der Waals surface area contributed by atoms with Gasteiger partial charge < -0.3 is 10.3 Å². The van der Waals surface area contributed by atoms with E-state index in [1.807, 2.05) is 6.20 Å². The van der Waals surface area contributed by atoms with E-state index in [0.717, 1.165) is 18.9 Å². The number of nitrogens with two attached hydrogens (primary N) is 1. The van der Waals surface area contributed by atoms with Crippen molar-refractivity contribution < 1.29 is 0 Å². The quantitative estimate of drug-likeness (QED) is 0.850. The lowest BCUT2D eigenvalue weighted by molar-refractivity contribution is 0.240. The Bertz CT molecular complexity index is 332. The highest BCUT2D eigenvalue weighted by molar-refractivity contribution is 4.96. The third-order valence-electron chi connectivity index (χ3n) is 3.89. The Morgan fingerprint density at radius 3 is 3.06 bits per heavy atom. The molecule has 1 fully saturated rings. The van der Waals surface area contributed by atoms with Gasteiger partial charge in [-0.15, -0.1) is 0 Å². The van der Waals surface area contributed by atoms with Gasteiger partial charge in [0, 0.05) is 31.4 Å². The SMILES string of the molecule is CCn1ccnc1CC1CC(C)CCC1N. The van der Waals surface area contributed by atoms with Crippen molar-refractivity contribution in [2.75, 3.05) is 0 Å². The maximum atomic E-state index is 6.21. The van der Waals surface area contributed by atoms with Crippen LogP contribution in [0.5, 0.6) is 0 Å². The van der Waals surface area contributed by atoms with E-state index in [1.54, 1.807) is 0 Å². The fourth-order valence-electron chi connectivity index (χ4n) is 2.81. The van der Waals surface area contributed by atoms with Gasteiger partial charge in [0.2, 0.25) is 0 Å². The van der Waals surface area contributed by atoms with E-state index in [1.165, 1.54) is 25.1 Å². The van der Waals surface area contributed by atoms with Crippen LogP contribution in [0.2, 0.25) is 0 Å². The van der Waals surface area contributed by atoms with Gasteiger partial charge in [-0.2, -0.15) is 0 Å². The largest absolute Gasteiger partial charge is 0.335 e. The van der Waals surface area contributed by atoms with Crippen molar-refractivity contribution in [3.63, 3.8) is 0 Å². The highest BCUT2D eigenvalue weighted by atomic mass is 15.1. The summed E-state index contributed by atoms with van der Waals surface area (Å²) in [4.78, 5) is 4.45. The fourth-order valence-corrected chi connectivity index (χ4v) is 2.81. The summed E-state index contributed by atoms with van der Waals surface area (Å²) < 4.78 is 2.23. The Morgan fingerprint density at radius 1 is 1.50 bits per heavy atom.